The van der Waals surface area contributed by atoms with E-state index in [1.54, 1.807) is 24.3 Å². The SMILES string of the molecule is O=NCc1cccc(OCC=C(Cl)Cl)c1. The van der Waals surface area contributed by atoms with Gasteiger partial charge in [-0.05, 0) is 23.8 Å². The molecule has 0 amide bonds. The van der Waals surface area contributed by atoms with Crippen molar-refractivity contribution < 1.29 is 4.74 Å². The third kappa shape index (κ3) is 4.81. The Balaban J connectivity index is 2.57. The van der Waals surface area contributed by atoms with Gasteiger partial charge >= 0.3 is 0 Å². The smallest absolute Gasteiger partial charge is 0.120 e. The monoisotopic (exact) mass is 245 g/mol. The van der Waals surface area contributed by atoms with E-state index >= 15 is 0 Å². The summed E-state index contributed by atoms with van der Waals surface area (Å²) in [7, 11) is 0. The molecule has 1 rings (SSSR count). The van der Waals surface area contributed by atoms with Crippen LogP contribution in [0.5, 0.6) is 5.75 Å². The Kier molecular flexibility index (Phi) is 5.15. The number of nitroso groups, excluding NO2 is 1. The molecule has 0 N–H and O–H groups in total. The van der Waals surface area contributed by atoms with Crippen molar-refractivity contribution in [3.63, 3.8) is 0 Å². The van der Waals surface area contributed by atoms with Gasteiger partial charge in [0.25, 0.3) is 0 Å². The molecule has 0 saturated heterocycles. The largest absolute Gasteiger partial charge is 0.489 e. The van der Waals surface area contributed by atoms with Crippen molar-refractivity contribution in [1.82, 2.24) is 0 Å². The summed E-state index contributed by atoms with van der Waals surface area (Å²) in [5.74, 6) is 0.655. The predicted octanol–water partition coefficient (Wildman–Crippen LogP) is 3.65. The van der Waals surface area contributed by atoms with Gasteiger partial charge in [0.2, 0.25) is 0 Å². The molecule has 3 nitrogen and oxygen atoms in total. The molecular weight excluding hydrogens is 237 g/mol. The van der Waals surface area contributed by atoms with Crippen LogP contribution in [0, 0.1) is 4.91 Å². The van der Waals surface area contributed by atoms with Crippen LogP contribution in [0.25, 0.3) is 0 Å². The third-order valence-electron chi connectivity index (χ3n) is 1.63. The van der Waals surface area contributed by atoms with Crippen LogP contribution in [0.1, 0.15) is 5.56 Å². The highest BCUT2D eigenvalue weighted by Crippen LogP contribution is 2.14. The van der Waals surface area contributed by atoms with Crippen molar-refractivity contribution >= 4 is 23.2 Å². The Labute approximate surface area is 97.6 Å². The van der Waals surface area contributed by atoms with Gasteiger partial charge < -0.3 is 4.74 Å². The van der Waals surface area contributed by atoms with Gasteiger partial charge in [-0.2, -0.15) is 4.91 Å². The van der Waals surface area contributed by atoms with E-state index in [2.05, 4.69) is 5.18 Å². The minimum Gasteiger partial charge on any atom is -0.489 e. The molecule has 0 aliphatic heterocycles. The number of hydrogen-bond donors (Lipinski definition) is 0. The van der Waals surface area contributed by atoms with Crippen molar-refractivity contribution in [1.29, 1.82) is 0 Å². The van der Waals surface area contributed by atoms with Crippen LogP contribution < -0.4 is 4.74 Å². The van der Waals surface area contributed by atoms with Crippen LogP contribution in [0.4, 0.5) is 0 Å². The number of rotatable bonds is 5. The number of nitrogens with zero attached hydrogens (tertiary/aromatic N) is 1. The van der Waals surface area contributed by atoms with Gasteiger partial charge in [-0.25, -0.2) is 0 Å². The summed E-state index contributed by atoms with van der Waals surface area (Å²) in [6, 6.07) is 7.13. The Hall–Kier alpha value is -1.06. The van der Waals surface area contributed by atoms with E-state index in [1.807, 2.05) is 0 Å². The summed E-state index contributed by atoms with van der Waals surface area (Å²) < 4.78 is 5.48. The van der Waals surface area contributed by atoms with Gasteiger partial charge in [-0.3, -0.25) is 0 Å². The first kappa shape index (κ1) is 12.0. The molecule has 5 heteroatoms. The van der Waals surface area contributed by atoms with E-state index in [1.165, 1.54) is 6.08 Å². The fraction of sp³-hybridized carbons (Fsp3) is 0.200. The van der Waals surface area contributed by atoms with Gasteiger partial charge in [-0.15, -0.1) is 0 Å². The summed E-state index contributed by atoms with van der Waals surface area (Å²) in [6.07, 6.45) is 1.54. The van der Waals surface area contributed by atoms with Gasteiger partial charge in [0.1, 0.15) is 23.4 Å². The Bertz CT molecular complexity index is 362. The average molecular weight is 246 g/mol. The molecule has 1 aromatic carbocycles. The molecule has 0 saturated carbocycles. The van der Waals surface area contributed by atoms with Crippen LogP contribution >= 0.6 is 23.2 Å². The van der Waals surface area contributed by atoms with Crippen LogP contribution in [-0.2, 0) is 6.54 Å². The van der Waals surface area contributed by atoms with Crippen molar-refractivity contribution in [3.8, 4) is 5.75 Å². The molecule has 0 fully saturated rings. The molecule has 0 bridgehead atoms. The Morgan fingerprint density at radius 3 is 2.93 bits per heavy atom. The van der Waals surface area contributed by atoms with Crippen LogP contribution in [0.15, 0.2) is 40.0 Å². The summed E-state index contributed by atoms with van der Waals surface area (Å²) >= 11 is 10.8. The number of halogens is 2. The summed E-state index contributed by atoms with van der Waals surface area (Å²) in [4.78, 5) is 10.1. The standard InChI is InChI=1S/C10H9Cl2NO2/c11-10(12)4-5-15-9-3-1-2-8(6-9)7-13-14/h1-4,6H,5,7H2. The highest BCUT2D eigenvalue weighted by molar-refractivity contribution is 6.55. The first-order valence-electron chi connectivity index (χ1n) is 4.24. The normalized spacial score (nSPS) is 9.47. The van der Waals surface area contributed by atoms with Gasteiger partial charge in [-0.1, -0.05) is 40.5 Å². The maximum Gasteiger partial charge on any atom is 0.120 e. The maximum absolute atomic E-state index is 10.1. The molecule has 1 aromatic rings. The molecule has 0 aromatic heterocycles. The Morgan fingerprint density at radius 1 is 1.47 bits per heavy atom. The number of hydrogen-bond acceptors (Lipinski definition) is 3. The molecule has 15 heavy (non-hydrogen) atoms. The van der Waals surface area contributed by atoms with Crippen LogP contribution in [0.3, 0.4) is 0 Å². The van der Waals surface area contributed by atoms with Gasteiger partial charge in [0, 0.05) is 0 Å². The molecule has 0 aliphatic carbocycles. The molecule has 0 heterocycles. The van der Waals surface area contributed by atoms with Crippen LogP contribution in [-0.4, -0.2) is 6.61 Å². The molecule has 0 radical (unpaired) electrons. The third-order valence-corrected chi connectivity index (χ3v) is 1.94. The van der Waals surface area contributed by atoms with E-state index in [9.17, 15) is 4.91 Å². The summed E-state index contributed by atoms with van der Waals surface area (Å²) in [5, 5.41) is 2.80. The topological polar surface area (TPSA) is 38.7 Å². The quantitative estimate of drug-likeness (QED) is 0.743. The second kappa shape index (κ2) is 6.43. The molecule has 0 spiro atoms. The highest BCUT2D eigenvalue weighted by atomic mass is 35.5. The molecule has 80 valence electrons. The summed E-state index contributed by atoms with van der Waals surface area (Å²) in [6.45, 7) is 0.434. The lowest BCUT2D eigenvalue weighted by molar-refractivity contribution is 0.362. The summed E-state index contributed by atoms with van der Waals surface area (Å²) in [5.41, 5.74) is 0.809. The Morgan fingerprint density at radius 2 is 2.27 bits per heavy atom. The van der Waals surface area contributed by atoms with Crippen molar-refractivity contribution in [2.45, 2.75) is 6.54 Å². The first-order valence-corrected chi connectivity index (χ1v) is 5.00. The maximum atomic E-state index is 10.1. The van der Waals surface area contributed by atoms with E-state index < -0.39 is 0 Å². The zero-order valence-corrected chi connectivity index (χ0v) is 9.33. The van der Waals surface area contributed by atoms with E-state index in [-0.39, 0.29) is 11.0 Å². The minimum atomic E-state index is 0.142. The lowest BCUT2D eigenvalue weighted by atomic mass is 10.2. The minimum absolute atomic E-state index is 0.142. The van der Waals surface area contributed by atoms with Gasteiger partial charge in [0.05, 0.1) is 0 Å². The zero-order chi connectivity index (χ0) is 11.1. The number of benzene rings is 1. The molecule has 0 aliphatic rings. The lowest BCUT2D eigenvalue weighted by Crippen LogP contribution is -1.94. The van der Waals surface area contributed by atoms with Crippen molar-refractivity contribution in [2.24, 2.45) is 5.18 Å². The molecule has 0 unspecified atom stereocenters. The average Bonchev–Trinajstić information content (AvgIpc) is 2.18. The van der Waals surface area contributed by atoms with Gasteiger partial charge in [0.15, 0.2) is 0 Å². The van der Waals surface area contributed by atoms with E-state index in [0.29, 0.717) is 12.4 Å². The van der Waals surface area contributed by atoms with Crippen LogP contribution in [0.2, 0.25) is 0 Å². The first-order chi connectivity index (χ1) is 7.22. The number of ether oxygens (including phenoxy) is 1. The van der Waals surface area contributed by atoms with Crippen molar-refractivity contribution in [3.05, 3.63) is 45.3 Å². The lowest BCUT2D eigenvalue weighted by Gasteiger charge is -2.03. The fourth-order valence-electron chi connectivity index (χ4n) is 1.01. The highest BCUT2D eigenvalue weighted by Gasteiger charge is 1.96. The molecular formula is C10H9Cl2NO2. The second-order valence-electron chi connectivity index (χ2n) is 2.74. The predicted molar refractivity (Wildman–Crippen MR) is 61.2 cm³/mol. The second-order valence-corrected chi connectivity index (χ2v) is 3.75. The molecule has 0 atom stereocenters. The van der Waals surface area contributed by atoms with E-state index in [4.69, 9.17) is 27.9 Å². The van der Waals surface area contributed by atoms with E-state index in [0.717, 1.165) is 5.56 Å². The van der Waals surface area contributed by atoms with Crippen molar-refractivity contribution in [2.75, 3.05) is 6.61 Å². The fourth-order valence-corrected chi connectivity index (χ4v) is 1.14. The zero-order valence-electron chi connectivity index (χ0n) is 7.82.